The van der Waals surface area contributed by atoms with Gasteiger partial charge in [-0.3, -0.25) is 4.79 Å². The molecule has 1 fully saturated rings. The first kappa shape index (κ1) is 20.1. The van der Waals surface area contributed by atoms with Gasteiger partial charge in [-0.1, -0.05) is 47.5 Å². The highest BCUT2D eigenvalue weighted by Crippen LogP contribution is 2.25. The summed E-state index contributed by atoms with van der Waals surface area (Å²) in [7, 11) is 0. The monoisotopic (exact) mass is 400 g/mol. The number of piperidine rings is 1. The molecule has 0 radical (unpaired) electrons. The summed E-state index contributed by atoms with van der Waals surface area (Å²) in [6, 6.07) is 18.4. The molecule has 1 aliphatic rings. The van der Waals surface area contributed by atoms with Crippen LogP contribution in [0, 0.1) is 26.7 Å². The van der Waals surface area contributed by atoms with E-state index in [1.165, 1.54) is 11.1 Å². The fraction of sp³-hybridized carbons (Fsp3) is 0.320. The molecule has 0 saturated carbocycles. The second kappa shape index (κ2) is 8.66. The molecule has 2 heterocycles. The Morgan fingerprint density at radius 1 is 0.967 bits per heavy atom. The number of hydrogen-bond acceptors (Lipinski definition) is 4. The number of aryl methyl sites for hydroxylation is 3. The Labute approximate surface area is 178 Å². The van der Waals surface area contributed by atoms with Gasteiger partial charge in [0.2, 0.25) is 5.91 Å². The zero-order valence-electron chi connectivity index (χ0n) is 17.9. The lowest BCUT2D eigenvalue weighted by Crippen LogP contribution is -2.41. The Morgan fingerprint density at radius 2 is 1.73 bits per heavy atom. The van der Waals surface area contributed by atoms with Crippen LogP contribution in [0.3, 0.4) is 0 Å². The number of anilines is 2. The molecule has 154 valence electrons. The lowest BCUT2D eigenvalue weighted by atomic mass is 9.96. The number of benzene rings is 2. The lowest BCUT2D eigenvalue weighted by molar-refractivity contribution is -0.120. The SMILES string of the molecule is Cc1ccc(-c2ccc(N3CCC[C@H](C(=O)Nc4ccc(C)cc4C)C3)nn2)cc1. The number of rotatable bonds is 4. The van der Waals surface area contributed by atoms with Gasteiger partial charge in [0.15, 0.2) is 5.82 Å². The largest absolute Gasteiger partial charge is 0.354 e. The molecule has 5 heteroatoms. The van der Waals surface area contributed by atoms with Crippen LogP contribution in [0.5, 0.6) is 0 Å². The van der Waals surface area contributed by atoms with Gasteiger partial charge >= 0.3 is 0 Å². The van der Waals surface area contributed by atoms with Gasteiger partial charge in [-0.25, -0.2) is 0 Å². The van der Waals surface area contributed by atoms with Crippen LogP contribution in [-0.2, 0) is 4.79 Å². The summed E-state index contributed by atoms with van der Waals surface area (Å²) >= 11 is 0. The van der Waals surface area contributed by atoms with Gasteiger partial charge in [-0.05, 0) is 57.4 Å². The fourth-order valence-corrected chi connectivity index (χ4v) is 3.96. The molecular formula is C25H28N4O. The van der Waals surface area contributed by atoms with Crippen molar-refractivity contribution < 1.29 is 4.79 Å². The van der Waals surface area contributed by atoms with Crippen molar-refractivity contribution in [2.45, 2.75) is 33.6 Å². The molecule has 1 atom stereocenters. The van der Waals surface area contributed by atoms with Crippen molar-refractivity contribution in [1.29, 1.82) is 0 Å². The van der Waals surface area contributed by atoms with Gasteiger partial charge < -0.3 is 10.2 Å². The smallest absolute Gasteiger partial charge is 0.229 e. The molecule has 0 unspecified atom stereocenters. The van der Waals surface area contributed by atoms with Crippen molar-refractivity contribution in [3.8, 4) is 11.3 Å². The van der Waals surface area contributed by atoms with Gasteiger partial charge in [0, 0.05) is 24.3 Å². The first-order valence-electron chi connectivity index (χ1n) is 10.5. The minimum atomic E-state index is -0.0574. The van der Waals surface area contributed by atoms with E-state index in [4.69, 9.17) is 0 Å². The molecule has 1 amide bonds. The highest BCUT2D eigenvalue weighted by Gasteiger charge is 2.27. The van der Waals surface area contributed by atoms with Crippen molar-refractivity contribution in [2.75, 3.05) is 23.3 Å². The molecule has 1 aromatic heterocycles. The van der Waals surface area contributed by atoms with Crippen molar-refractivity contribution in [3.05, 3.63) is 71.3 Å². The molecule has 1 N–H and O–H groups in total. The second-order valence-electron chi connectivity index (χ2n) is 8.24. The first-order valence-corrected chi connectivity index (χ1v) is 10.5. The van der Waals surface area contributed by atoms with Crippen LogP contribution in [0.4, 0.5) is 11.5 Å². The molecule has 2 aromatic carbocycles. The van der Waals surface area contributed by atoms with Gasteiger partial charge in [0.1, 0.15) is 0 Å². The van der Waals surface area contributed by atoms with Crippen LogP contribution in [0.1, 0.15) is 29.5 Å². The van der Waals surface area contributed by atoms with Crippen molar-refractivity contribution in [1.82, 2.24) is 10.2 Å². The molecule has 1 aliphatic heterocycles. The fourth-order valence-electron chi connectivity index (χ4n) is 3.96. The molecule has 3 aromatic rings. The predicted octanol–water partition coefficient (Wildman–Crippen LogP) is 4.92. The zero-order chi connectivity index (χ0) is 21.1. The number of amides is 1. The average molecular weight is 401 g/mol. The standard InChI is InChI=1S/C25H28N4O/c1-17-6-9-20(10-7-17)23-12-13-24(28-27-23)29-14-4-5-21(16-29)25(30)26-22-11-8-18(2)15-19(22)3/h6-13,15,21H,4-5,14,16H2,1-3H3,(H,26,30)/t21-/m0/s1. The average Bonchev–Trinajstić information content (AvgIpc) is 2.76. The Morgan fingerprint density at radius 3 is 2.43 bits per heavy atom. The quantitative estimate of drug-likeness (QED) is 0.675. The third-order valence-corrected chi connectivity index (χ3v) is 5.75. The summed E-state index contributed by atoms with van der Waals surface area (Å²) in [4.78, 5) is 15.0. The Bertz CT molecular complexity index is 1030. The summed E-state index contributed by atoms with van der Waals surface area (Å²) in [5.74, 6) is 0.851. The summed E-state index contributed by atoms with van der Waals surface area (Å²) in [5.41, 5.74) is 6.33. The highest BCUT2D eigenvalue weighted by molar-refractivity contribution is 5.93. The van der Waals surface area contributed by atoms with Crippen molar-refractivity contribution in [3.63, 3.8) is 0 Å². The van der Waals surface area contributed by atoms with E-state index in [0.717, 1.165) is 47.7 Å². The predicted molar refractivity (Wildman–Crippen MR) is 122 cm³/mol. The number of hydrogen-bond donors (Lipinski definition) is 1. The van der Waals surface area contributed by atoms with Crippen LogP contribution >= 0.6 is 0 Å². The summed E-state index contributed by atoms with van der Waals surface area (Å²) < 4.78 is 0. The van der Waals surface area contributed by atoms with E-state index in [-0.39, 0.29) is 11.8 Å². The second-order valence-corrected chi connectivity index (χ2v) is 8.24. The van der Waals surface area contributed by atoms with Crippen LogP contribution in [-0.4, -0.2) is 29.2 Å². The maximum Gasteiger partial charge on any atom is 0.229 e. The summed E-state index contributed by atoms with van der Waals surface area (Å²) in [6.07, 6.45) is 1.86. The number of nitrogens with zero attached hydrogens (tertiary/aromatic N) is 3. The van der Waals surface area contributed by atoms with E-state index < -0.39 is 0 Å². The maximum atomic E-state index is 12.9. The molecule has 0 bridgehead atoms. The maximum absolute atomic E-state index is 12.9. The number of carbonyl (C=O) groups is 1. The van der Waals surface area contributed by atoms with E-state index in [0.29, 0.717) is 6.54 Å². The minimum Gasteiger partial charge on any atom is -0.354 e. The normalized spacial score (nSPS) is 16.4. The molecule has 5 nitrogen and oxygen atoms in total. The minimum absolute atomic E-state index is 0.0574. The molecular weight excluding hydrogens is 372 g/mol. The van der Waals surface area contributed by atoms with Crippen LogP contribution in [0.15, 0.2) is 54.6 Å². The molecule has 30 heavy (non-hydrogen) atoms. The Hall–Kier alpha value is -3.21. The molecule has 1 saturated heterocycles. The Balaban J connectivity index is 1.43. The van der Waals surface area contributed by atoms with Gasteiger partial charge in [0.25, 0.3) is 0 Å². The van der Waals surface area contributed by atoms with E-state index in [2.05, 4.69) is 64.6 Å². The number of aromatic nitrogens is 2. The third-order valence-electron chi connectivity index (χ3n) is 5.75. The number of nitrogens with one attached hydrogen (secondary N) is 1. The van der Waals surface area contributed by atoms with Crippen LogP contribution < -0.4 is 10.2 Å². The van der Waals surface area contributed by atoms with Gasteiger partial charge in [-0.15, -0.1) is 10.2 Å². The lowest BCUT2D eigenvalue weighted by Gasteiger charge is -2.32. The topological polar surface area (TPSA) is 58.1 Å². The summed E-state index contributed by atoms with van der Waals surface area (Å²) in [5, 5.41) is 12.0. The highest BCUT2D eigenvalue weighted by atomic mass is 16.1. The van der Waals surface area contributed by atoms with Gasteiger partial charge in [-0.2, -0.15) is 0 Å². The van der Waals surface area contributed by atoms with Crippen LogP contribution in [0.2, 0.25) is 0 Å². The van der Waals surface area contributed by atoms with E-state index in [1.807, 2.05) is 31.2 Å². The van der Waals surface area contributed by atoms with Crippen molar-refractivity contribution >= 4 is 17.4 Å². The molecule has 0 spiro atoms. The third kappa shape index (κ3) is 4.51. The van der Waals surface area contributed by atoms with E-state index >= 15 is 0 Å². The van der Waals surface area contributed by atoms with E-state index in [9.17, 15) is 4.79 Å². The molecule has 0 aliphatic carbocycles. The molecule has 4 rings (SSSR count). The summed E-state index contributed by atoms with van der Waals surface area (Å²) in [6.45, 7) is 7.71. The number of carbonyl (C=O) groups excluding carboxylic acids is 1. The van der Waals surface area contributed by atoms with E-state index in [1.54, 1.807) is 0 Å². The Kier molecular flexibility index (Phi) is 5.79. The van der Waals surface area contributed by atoms with Gasteiger partial charge in [0.05, 0.1) is 11.6 Å². The van der Waals surface area contributed by atoms with Crippen molar-refractivity contribution in [2.24, 2.45) is 5.92 Å². The first-order chi connectivity index (χ1) is 14.5. The zero-order valence-corrected chi connectivity index (χ0v) is 17.9. The van der Waals surface area contributed by atoms with Crippen LogP contribution in [0.25, 0.3) is 11.3 Å².